The number of rotatable bonds is 4. The first kappa shape index (κ1) is 16.5. The third-order valence-corrected chi connectivity index (χ3v) is 4.45. The quantitative estimate of drug-likeness (QED) is 0.928. The van der Waals surface area contributed by atoms with Crippen molar-refractivity contribution in [2.24, 2.45) is 0 Å². The third-order valence-electron chi connectivity index (χ3n) is 4.45. The Balaban J connectivity index is 1.84. The van der Waals surface area contributed by atoms with Gasteiger partial charge in [0.15, 0.2) is 0 Å². The minimum Gasteiger partial charge on any atom is -0.496 e. The summed E-state index contributed by atoms with van der Waals surface area (Å²) in [4.78, 5) is 14.8. The van der Waals surface area contributed by atoms with Gasteiger partial charge in [-0.25, -0.2) is 0 Å². The number of nitrogens with zero attached hydrogens (tertiary/aromatic N) is 3. The summed E-state index contributed by atoms with van der Waals surface area (Å²) in [5.74, 6) is 0.897. The van der Waals surface area contributed by atoms with Crippen molar-refractivity contribution in [3.63, 3.8) is 0 Å². The van der Waals surface area contributed by atoms with Crippen molar-refractivity contribution in [1.82, 2.24) is 20.0 Å². The summed E-state index contributed by atoms with van der Waals surface area (Å²) in [6.07, 6.45) is 0. The normalized spacial score (nSPS) is 17.8. The third kappa shape index (κ3) is 3.28. The SMILES string of the molecule is COc1ccccc1C1CNCCN1C(=O)Cn1nc(C)cc1C. The van der Waals surface area contributed by atoms with Crippen LogP contribution in [0.5, 0.6) is 5.75 Å². The molecule has 6 heteroatoms. The van der Waals surface area contributed by atoms with Crippen molar-refractivity contribution in [2.45, 2.75) is 26.4 Å². The molecule has 1 saturated heterocycles. The molecule has 0 aliphatic carbocycles. The maximum Gasteiger partial charge on any atom is 0.244 e. The lowest BCUT2D eigenvalue weighted by Crippen LogP contribution is -2.49. The van der Waals surface area contributed by atoms with E-state index in [0.717, 1.165) is 35.8 Å². The van der Waals surface area contributed by atoms with Crippen molar-refractivity contribution in [2.75, 3.05) is 26.7 Å². The molecule has 0 saturated carbocycles. The number of hydrogen-bond acceptors (Lipinski definition) is 4. The number of aromatic nitrogens is 2. The minimum atomic E-state index is -0.0284. The highest BCUT2D eigenvalue weighted by Crippen LogP contribution is 2.30. The molecule has 128 valence electrons. The van der Waals surface area contributed by atoms with Crippen molar-refractivity contribution < 1.29 is 9.53 Å². The van der Waals surface area contributed by atoms with Crippen LogP contribution in [0.1, 0.15) is 23.0 Å². The Hall–Kier alpha value is -2.34. The second-order valence-corrected chi connectivity index (χ2v) is 6.13. The smallest absolute Gasteiger partial charge is 0.244 e. The van der Waals surface area contributed by atoms with E-state index in [9.17, 15) is 4.79 Å². The summed E-state index contributed by atoms with van der Waals surface area (Å²) >= 11 is 0. The van der Waals surface area contributed by atoms with E-state index in [1.807, 2.05) is 49.1 Å². The van der Waals surface area contributed by atoms with Crippen molar-refractivity contribution in [3.05, 3.63) is 47.3 Å². The highest BCUT2D eigenvalue weighted by atomic mass is 16.5. The molecule has 1 atom stereocenters. The molecule has 1 amide bonds. The summed E-state index contributed by atoms with van der Waals surface area (Å²) in [6, 6.07) is 9.85. The molecule has 0 spiro atoms. The first-order chi connectivity index (χ1) is 11.6. The Morgan fingerprint density at radius 1 is 1.38 bits per heavy atom. The number of hydrogen-bond donors (Lipinski definition) is 1. The molecule has 1 fully saturated rings. The molecule has 24 heavy (non-hydrogen) atoms. The fourth-order valence-electron chi connectivity index (χ4n) is 3.28. The number of para-hydroxylation sites is 1. The van der Waals surface area contributed by atoms with E-state index < -0.39 is 0 Å². The Bertz CT molecular complexity index is 726. The van der Waals surface area contributed by atoms with E-state index in [2.05, 4.69) is 10.4 Å². The van der Waals surface area contributed by atoms with Crippen LogP contribution in [0.2, 0.25) is 0 Å². The Labute approximate surface area is 142 Å². The van der Waals surface area contributed by atoms with Crippen LogP contribution in [0.15, 0.2) is 30.3 Å². The zero-order valence-electron chi connectivity index (χ0n) is 14.5. The molecule has 1 aromatic carbocycles. The fraction of sp³-hybridized carbons (Fsp3) is 0.444. The maximum absolute atomic E-state index is 12.9. The van der Waals surface area contributed by atoms with Gasteiger partial charge < -0.3 is 15.0 Å². The number of carbonyl (C=O) groups is 1. The molecule has 1 unspecified atom stereocenters. The molecular weight excluding hydrogens is 304 g/mol. The van der Waals surface area contributed by atoms with Gasteiger partial charge in [0.2, 0.25) is 5.91 Å². The summed E-state index contributed by atoms with van der Waals surface area (Å²) in [5, 5.41) is 7.78. The zero-order chi connectivity index (χ0) is 17.1. The van der Waals surface area contributed by atoms with Gasteiger partial charge in [-0.1, -0.05) is 18.2 Å². The molecule has 0 radical (unpaired) electrons. The van der Waals surface area contributed by atoms with Gasteiger partial charge in [-0.15, -0.1) is 0 Å². The average molecular weight is 328 g/mol. The molecule has 1 aromatic heterocycles. The molecule has 6 nitrogen and oxygen atoms in total. The largest absolute Gasteiger partial charge is 0.496 e. The van der Waals surface area contributed by atoms with Crippen LogP contribution in [0, 0.1) is 13.8 Å². The van der Waals surface area contributed by atoms with E-state index in [1.165, 1.54) is 0 Å². The lowest BCUT2D eigenvalue weighted by Gasteiger charge is -2.37. The van der Waals surface area contributed by atoms with Crippen molar-refractivity contribution in [1.29, 1.82) is 0 Å². The number of methoxy groups -OCH3 is 1. The monoisotopic (exact) mass is 328 g/mol. The first-order valence-electron chi connectivity index (χ1n) is 8.24. The number of benzene rings is 1. The Morgan fingerprint density at radius 3 is 2.88 bits per heavy atom. The highest BCUT2D eigenvalue weighted by Gasteiger charge is 2.30. The summed E-state index contributed by atoms with van der Waals surface area (Å²) in [7, 11) is 1.66. The lowest BCUT2D eigenvalue weighted by atomic mass is 10.0. The second kappa shape index (κ2) is 7.05. The molecule has 1 aliphatic rings. The van der Waals surface area contributed by atoms with Gasteiger partial charge >= 0.3 is 0 Å². The van der Waals surface area contributed by atoms with E-state index >= 15 is 0 Å². The van der Waals surface area contributed by atoms with Gasteiger partial charge in [-0.05, 0) is 26.0 Å². The Morgan fingerprint density at radius 2 is 2.17 bits per heavy atom. The molecule has 1 aliphatic heterocycles. The van der Waals surface area contributed by atoms with Gasteiger partial charge in [0.05, 0.1) is 18.8 Å². The zero-order valence-corrected chi connectivity index (χ0v) is 14.5. The maximum atomic E-state index is 12.9. The molecule has 2 aromatic rings. The molecule has 1 N–H and O–H groups in total. The van der Waals surface area contributed by atoms with E-state index in [1.54, 1.807) is 11.8 Å². The van der Waals surface area contributed by atoms with Crippen LogP contribution in [-0.2, 0) is 11.3 Å². The molecular formula is C18H24N4O2. The molecule has 2 heterocycles. The van der Waals surface area contributed by atoms with Crippen LogP contribution in [0.25, 0.3) is 0 Å². The van der Waals surface area contributed by atoms with Gasteiger partial charge in [-0.3, -0.25) is 9.48 Å². The predicted molar refractivity (Wildman–Crippen MR) is 92.0 cm³/mol. The van der Waals surface area contributed by atoms with Gasteiger partial charge in [-0.2, -0.15) is 5.10 Å². The number of carbonyl (C=O) groups excluding carboxylic acids is 1. The van der Waals surface area contributed by atoms with E-state index in [-0.39, 0.29) is 18.5 Å². The van der Waals surface area contributed by atoms with Gasteiger partial charge in [0, 0.05) is 30.9 Å². The van der Waals surface area contributed by atoms with Crippen LogP contribution < -0.4 is 10.1 Å². The standard InChI is InChI=1S/C18H24N4O2/c1-13-10-14(2)22(20-13)12-18(23)21-9-8-19-11-16(21)15-6-4-5-7-17(15)24-3/h4-7,10,16,19H,8-9,11-12H2,1-3H3. The number of nitrogens with one attached hydrogen (secondary N) is 1. The first-order valence-corrected chi connectivity index (χ1v) is 8.24. The van der Waals surface area contributed by atoms with Gasteiger partial charge in [0.1, 0.15) is 12.3 Å². The number of piperazine rings is 1. The number of aryl methyl sites for hydroxylation is 2. The summed E-state index contributed by atoms with van der Waals surface area (Å²) in [5.41, 5.74) is 2.97. The number of ether oxygens (including phenoxy) is 1. The summed E-state index contributed by atoms with van der Waals surface area (Å²) in [6.45, 7) is 6.39. The Kier molecular flexibility index (Phi) is 4.85. The van der Waals surface area contributed by atoms with Crippen LogP contribution in [0.3, 0.4) is 0 Å². The van der Waals surface area contributed by atoms with Gasteiger partial charge in [0.25, 0.3) is 0 Å². The van der Waals surface area contributed by atoms with Crippen LogP contribution >= 0.6 is 0 Å². The van der Waals surface area contributed by atoms with Crippen LogP contribution in [0.4, 0.5) is 0 Å². The van der Waals surface area contributed by atoms with Crippen LogP contribution in [-0.4, -0.2) is 47.3 Å². The van der Waals surface area contributed by atoms with E-state index in [0.29, 0.717) is 6.54 Å². The second-order valence-electron chi connectivity index (χ2n) is 6.13. The number of amides is 1. The fourth-order valence-corrected chi connectivity index (χ4v) is 3.28. The molecule has 0 bridgehead atoms. The van der Waals surface area contributed by atoms with Crippen molar-refractivity contribution in [3.8, 4) is 5.75 Å². The highest BCUT2D eigenvalue weighted by molar-refractivity contribution is 5.77. The van der Waals surface area contributed by atoms with Crippen molar-refractivity contribution >= 4 is 5.91 Å². The average Bonchev–Trinajstić information content (AvgIpc) is 2.92. The molecule has 3 rings (SSSR count). The van der Waals surface area contributed by atoms with E-state index in [4.69, 9.17) is 4.74 Å². The predicted octanol–water partition coefficient (Wildman–Crippen LogP) is 1.68. The lowest BCUT2D eigenvalue weighted by molar-refractivity contribution is -0.135. The minimum absolute atomic E-state index is 0.0284. The topological polar surface area (TPSA) is 59.4 Å². The summed E-state index contributed by atoms with van der Waals surface area (Å²) < 4.78 is 7.26.